The Hall–Kier alpha value is -0.633. The molecular formula is C12H18BrClN4OSi. The summed E-state index contributed by atoms with van der Waals surface area (Å²) in [7, 11) is -1.08. The normalized spacial score (nSPS) is 12.2. The number of fused-ring (bicyclic) bond motifs is 1. The summed E-state index contributed by atoms with van der Waals surface area (Å²) >= 11 is 9.33. The molecule has 0 saturated heterocycles. The molecule has 110 valence electrons. The van der Waals surface area contributed by atoms with Crippen LogP contribution in [-0.2, 0) is 11.5 Å². The largest absolute Gasteiger partial charge is 0.382 e. The van der Waals surface area contributed by atoms with Crippen LogP contribution in [0.2, 0.25) is 30.8 Å². The number of nitrogens with two attached hydrogens (primary N) is 1. The first-order chi connectivity index (χ1) is 9.28. The Morgan fingerprint density at radius 3 is 2.75 bits per heavy atom. The number of pyridine rings is 1. The maximum atomic E-state index is 6.03. The van der Waals surface area contributed by atoms with Gasteiger partial charge in [0, 0.05) is 14.7 Å². The molecule has 0 spiro atoms. The van der Waals surface area contributed by atoms with E-state index in [9.17, 15) is 0 Å². The Bertz CT molecular complexity index is 626. The van der Waals surface area contributed by atoms with Crippen LogP contribution in [0, 0.1) is 0 Å². The predicted octanol–water partition coefficient (Wildman–Crippen LogP) is 3.74. The zero-order valence-corrected chi connectivity index (χ0v) is 15.1. The summed E-state index contributed by atoms with van der Waals surface area (Å²) in [5.74, 6) is 0.469. The summed E-state index contributed by atoms with van der Waals surface area (Å²) < 4.78 is 8.05. The molecule has 2 aromatic heterocycles. The van der Waals surface area contributed by atoms with Gasteiger partial charge in [-0.25, -0.2) is 9.67 Å². The van der Waals surface area contributed by atoms with Gasteiger partial charge in [-0.15, -0.1) is 0 Å². The SMILES string of the molecule is C[Si](C)(C)CCOCn1nc2c(Br)cc(Cl)nc2c1N. The molecule has 0 aliphatic carbocycles. The molecular weight excluding hydrogens is 360 g/mol. The van der Waals surface area contributed by atoms with E-state index in [0.717, 1.165) is 17.1 Å². The van der Waals surface area contributed by atoms with Crippen molar-refractivity contribution in [3.05, 3.63) is 15.7 Å². The van der Waals surface area contributed by atoms with E-state index in [-0.39, 0.29) is 0 Å². The number of hydrogen-bond donors (Lipinski definition) is 1. The summed E-state index contributed by atoms with van der Waals surface area (Å²) in [4.78, 5) is 4.20. The Balaban J connectivity index is 2.11. The van der Waals surface area contributed by atoms with E-state index in [0.29, 0.717) is 28.7 Å². The zero-order valence-electron chi connectivity index (χ0n) is 11.8. The lowest BCUT2D eigenvalue weighted by Gasteiger charge is -2.15. The van der Waals surface area contributed by atoms with Gasteiger partial charge >= 0.3 is 0 Å². The fraction of sp³-hybridized carbons (Fsp3) is 0.500. The number of halogens is 2. The molecule has 5 nitrogen and oxygen atoms in total. The first kappa shape index (κ1) is 15.8. The Morgan fingerprint density at radius 1 is 1.40 bits per heavy atom. The second-order valence-electron chi connectivity index (χ2n) is 5.86. The van der Waals surface area contributed by atoms with Crippen molar-refractivity contribution >= 4 is 52.5 Å². The first-order valence-corrected chi connectivity index (χ1v) is 11.2. The molecule has 0 fully saturated rings. The molecule has 0 amide bonds. The number of hydrogen-bond acceptors (Lipinski definition) is 4. The van der Waals surface area contributed by atoms with Gasteiger partial charge in [0.1, 0.15) is 22.9 Å². The molecule has 0 aliphatic rings. The third-order valence-electron chi connectivity index (χ3n) is 2.87. The molecule has 0 aromatic carbocycles. The van der Waals surface area contributed by atoms with Crippen LogP contribution < -0.4 is 5.73 Å². The van der Waals surface area contributed by atoms with Crippen LogP contribution in [0.5, 0.6) is 0 Å². The standard InChI is InChI=1S/C12H18BrClN4OSi/c1-20(2,3)5-4-19-7-18-12(15)11-10(17-18)8(13)6-9(14)16-11/h6H,4-5,7,15H2,1-3H3. The van der Waals surface area contributed by atoms with E-state index in [4.69, 9.17) is 22.1 Å². The number of anilines is 1. The molecule has 2 rings (SSSR count). The lowest BCUT2D eigenvalue weighted by Crippen LogP contribution is -2.22. The second kappa shape index (κ2) is 6.01. The van der Waals surface area contributed by atoms with E-state index >= 15 is 0 Å². The predicted molar refractivity (Wildman–Crippen MR) is 88.8 cm³/mol. The van der Waals surface area contributed by atoms with Crippen LogP contribution in [-0.4, -0.2) is 29.4 Å². The highest BCUT2D eigenvalue weighted by Gasteiger charge is 2.15. The van der Waals surface area contributed by atoms with Gasteiger partial charge in [0.2, 0.25) is 0 Å². The Labute approximate surface area is 132 Å². The van der Waals surface area contributed by atoms with E-state index in [2.05, 4.69) is 45.7 Å². The third kappa shape index (κ3) is 3.72. The molecule has 8 heteroatoms. The van der Waals surface area contributed by atoms with Gasteiger partial charge in [-0.3, -0.25) is 0 Å². The van der Waals surface area contributed by atoms with Crippen molar-refractivity contribution in [1.29, 1.82) is 0 Å². The number of nitrogens with zero attached hydrogens (tertiary/aromatic N) is 3. The van der Waals surface area contributed by atoms with Gasteiger partial charge in [0.25, 0.3) is 0 Å². The fourth-order valence-corrected chi connectivity index (χ4v) is 3.24. The summed E-state index contributed by atoms with van der Waals surface area (Å²) in [5, 5.41) is 4.78. The lowest BCUT2D eigenvalue weighted by atomic mass is 10.4. The number of nitrogen functional groups attached to an aromatic ring is 1. The van der Waals surface area contributed by atoms with Gasteiger partial charge in [0.05, 0.1) is 4.47 Å². The van der Waals surface area contributed by atoms with Crippen LogP contribution in [0.1, 0.15) is 0 Å². The minimum absolute atomic E-state index is 0.330. The highest BCUT2D eigenvalue weighted by atomic mass is 79.9. The molecule has 0 aliphatic heterocycles. The Morgan fingerprint density at radius 2 is 2.10 bits per heavy atom. The molecule has 0 saturated carbocycles. The van der Waals surface area contributed by atoms with Gasteiger partial charge in [-0.05, 0) is 28.0 Å². The quantitative estimate of drug-likeness (QED) is 0.489. The number of rotatable bonds is 5. The molecule has 0 atom stereocenters. The molecule has 0 bridgehead atoms. The van der Waals surface area contributed by atoms with Crippen molar-refractivity contribution in [1.82, 2.24) is 14.8 Å². The van der Waals surface area contributed by atoms with Gasteiger partial charge in [0.15, 0.2) is 5.82 Å². The highest BCUT2D eigenvalue weighted by molar-refractivity contribution is 9.10. The minimum atomic E-state index is -1.08. The minimum Gasteiger partial charge on any atom is -0.382 e. The van der Waals surface area contributed by atoms with Crippen molar-refractivity contribution in [2.45, 2.75) is 32.4 Å². The Kier molecular flexibility index (Phi) is 4.73. The van der Waals surface area contributed by atoms with Gasteiger partial charge in [-0.2, -0.15) is 5.10 Å². The van der Waals surface area contributed by atoms with E-state index in [1.165, 1.54) is 0 Å². The van der Waals surface area contributed by atoms with Crippen LogP contribution in [0.25, 0.3) is 11.0 Å². The van der Waals surface area contributed by atoms with Crippen molar-refractivity contribution in [3.63, 3.8) is 0 Å². The van der Waals surface area contributed by atoms with Crippen molar-refractivity contribution in [3.8, 4) is 0 Å². The zero-order chi connectivity index (χ0) is 14.9. The van der Waals surface area contributed by atoms with Crippen LogP contribution in [0.4, 0.5) is 5.82 Å². The third-order valence-corrected chi connectivity index (χ3v) is 5.37. The summed E-state index contributed by atoms with van der Waals surface area (Å²) in [5.41, 5.74) is 7.32. The summed E-state index contributed by atoms with van der Waals surface area (Å²) in [6.45, 7) is 8.00. The monoisotopic (exact) mass is 376 g/mol. The van der Waals surface area contributed by atoms with E-state index in [1.54, 1.807) is 10.7 Å². The van der Waals surface area contributed by atoms with Crippen LogP contribution >= 0.6 is 27.5 Å². The number of ether oxygens (including phenoxy) is 1. The lowest BCUT2D eigenvalue weighted by molar-refractivity contribution is 0.0806. The van der Waals surface area contributed by atoms with Crippen molar-refractivity contribution in [2.75, 3.05) is 12.3 Å². The molecule has 2 N–H and O–H groups in total. The summed E-state index contributed by atoms with van der Waals surface area (Å²) in [6, 6.07) is 2.81. The fourth-order valence-electron chi connectivity index (χ4n) is 1.68. The average molecular weight is 378 g/mol. The van der Waals surface area contributed by atoms with Crippen LogP contribution in [0.15, 0.2) is 10.5 Å². The van der Waals surface area contributed by atoms with Crippen molar-refractivity contribution < 1.29 is 4.74 Å². The molecule has 0 radical (unpaired) electrons. The number of aromatic nitrogens is 3. The summed E-state index contributed by atoms with van der Waals surface area (Å²) in [6.07, 6.45) is 0. The molecule has 2 aromatic rings. The van der Waals surface area contributed by atoms with E-state index in [1.807, 2.05) is 0 Å². The molecule has 0 unspecified atom stereocenters. The van der Waals surface area contributed by atoms with Crippen LogP contribution in [0.3, 0.4) is 0 Å². The molecule has 20 heavy (non-hydrogen) atoms. The topological polar surface area (TPSA) is 66.0 Å². The molecule has 2 heterocycles. The first-order valence-electron chi connectivity index (χ1n) is 6.34. The maximum absolute atomic E-state index is 6.03. The average Bonchev–Trinajstić information content (AvgIpc) is 2.62. The second-order valence-corrected chi connectivity index (χ2v) is 12.7. The van der Waals surface area contributed by atoms with Crippen molar-refractivity contribution in [2.24, 2.45) is 0 Å². The smallest absolute Gasteiger partial charge is 0.151 e. The highest BCUT2D eigenvalue weighted by Crippen LogP contribution is 2.28. The maximum Gasteiger partial charge on any atom is 0.151 e. The van der Waals surface area contributed by atoms with Gasteiger partial charge in [-0.1, -0.05) is 31.2 Å². The van der Waals surface area contributed by atoms with E-state index < -0.39 is 8.07 Å². The van der Waals surface area contributed by atoms with Gasteiger partial charge < -0.3 is 10.5 Å².